The third-order valence-electron chi connectivity index (χ3n) is 3.41. The molecule has 0 heterocycles. The lowest BCUT2D eigenvalue weighted by molar-refractivity contribution is 0.234. The highest BCUT2D eigenvalue weighted by atomic mass is 16.5. The molecule has 0 aliphatic rings. The van der Waals surface area contributed by atoms with E-state index in [1.54, 1.807) is 0 Å². The van der Waals surface area contributed by atoms with Crippen LogP contribution in [0.1, 0.15) is 11.1 Å². The summed E-state index contributed by atoms with van der Waals surface area (Å²) >= 11 is 0. The predicted octanol–water partition coefficient (Wildman–Crippen LogP) is 3.53. The smallest absolute Gasteiger partial charge is 0.321 e. The van der Waals surface area contributed by atoms with Gasteiger partial charge in [0.2, 0.25) is 0 Å². The van der Waals surface area contributed by atoms with Crippen molar-refractivity contribution in [2.45, 2.75) is 13.8 Å². The maximum Gasteiger partial charge on any atom is 0.321 e. The van der Waals surface area contributed by atoms with Gasteiger partial charge in [0, 0.05) is 25.5 Å². The SMILES string of the molecule is Cc1ccc(OCNC(=O)Nc2cccc(N(C)C)c2)c(C)c1. The number of hydrogen-bond donors (Lipinski definition) is 2. The highest BCUT2D eigenvalue weighted by Gasteiger charge is 2.04. The van der Waals surface area contributed by atoms with E-state index < -0.39 is 0 Å². The van der Waals surface area contributed by atoms with E-state index in [0.717, 1.165) is 22.7 Å². The standard InChI is InChI=1S/C18H23N3O2/c1-13-8-9-17(14(2)10-13)23-12-19-18(22)20-15-6-5-7-16(11-15)21(3)4/h5-11H,12H2,1-4H3,(H2,19,20,22). The molecule has 0 aromatic heterocycles. The summed E-state index contributed by atoms with van der Waals surface area (Å²) in [5.74, 6) is 0.769. The van der Waals surface area contributed by atoms with Gasteiger partial charge in [-0.25, -0.2) is 4.79 Å². The molecule has 2 aromatic carbocycles. The van der Waals surface area contributed by atoms with E-state index in [9.17, 15) is 4.79 Å². The maximum atomic E-state index is 11.9. The van der Waals surface area contributed by atoms with E-state index in [4.69, 9.17) is 4.74 Å². The zero-order chi connectivity index (χ0) is 16.8. The minimum absolute atomic E-state index is 0.114. The molecule has 2 amide bonds. The molecule has 2 N–H and O–H groups in total. The van der Waals surface area contributed by atoms with Crippen molar-refractivity contribution in [2.24, 2.45) is 0 Å². The van der Waals surface area contributed by atoms with Crippen LogP contribution in [0.4, 0.5) is 16.2 Å². The molecule has 0 spiro atoms. The Morgan fingerprint density at radius 3 is 2.61 bits per heavy atom. The number of ether oxygens (including phenoxy) is 1. The third-order valence-corrected chi connectivity index (χ3v) is 3.41. The van der Waals surface area contributed by atoms with Crippen LogP contribution in [0.3, 0.4) is 0 Å². The molecule has 0 fully saturated rings. The summed E-state index contributed by atoms with van der Waals surface area (Å²) in [5.41, 5.74) is 3.99. The summed E-state index contributed by atoms with van der Waals surface area (Å²) in [5, 5.41) is 5.47. The van der Waals surface area contributed by atoms with E-state index in [1.165, 1.54) is 5.56 Å². The van der Waals surface area contributed by atoms with Crippen molar-refractivity contribution in [3.8, 4) is 5.75 Å². The lowest BCUT2D eigenvalue weighted by Crippen LogP contribution is -2.32. The van der Waals surface area contributed by atoms with E-state index in [0.29, 0.717) is 0 Å². The number of benzene rings is 2. The van der Waals surface area contributed by atoms with Crippen molar-refractivity contribution in [2.75, 3.05) is 31.0 Å². The number of rotatable bonds is 5. The second kappa shape index (κ2) is 7.54. The van der Waals surface area contributed by atoms with Gasteiger partial charge in [0.15, 0.2) is 6.73 Å². The lowest BCUT2D eigenvalue weighted by Gasteiger charge is -2.14. The molecule has 23 heavy (non-hydrogen) atoms. The van der Waals surface area contributed by atoms with Crippen LogP contribution in [-0.2, 0) is 0 Å². The fourth-order valence-corrected chi connectivity index (χ4v) is 2.18. The Bertz CT molecular complexity index is 684. The van der Waals surface area contributed by atoms with Gasteiger partial charge in [-0.2, -0.15) is 0 Å². The Balaban J connectivity index is 1.84. The van der Waals surface area contributed by atoms with Crippen molar-refractivity contribution in [3.05, 3.63) is 53.6 Å². The molecule has 0 aliphatic carbocycles. The third kappa shape index (κ3) is 4.92. The van der Waals surface area contributed by atoms with Crippen LogP contribution >= 0.6 is 0 Å². The molecule has 5 nitrogen and oxygen atoms in total. The van der Waals surface area contributed by atoms with Gasteiger partial charge >= 0.3 is 6.03 Å². The average Bonchev–Trinajstić information content (AvgIpc) is 2.49. The van der Waals surface area contributed by atoms with Gasteiger partial charge in [-0.15, -0.1) is 0 Å². The van der Waals surface area contributed by atoms with Crippen LogP contribution in [0.5, 0.6) is 5.75 Å². The van der Waals surface area contributed by atoms with Gasteiger partial charge in [0.25, 0.3) is 0 Å². The monoisotopic (exact) mass is 313 g/mol. The number of hydrogen-bond acceptors (Lipinski definition) is 3. The number of carbonyl (C=O) groups excluding carboxylic acids is 1. The van der Waals surface area contributed by atoms with Gasteiger partial charge in [-0.3, -0.25) is 0 Å². The fourth-order valence-electron chi connectivity index (χ4n) is 2.18. The molecule has 5 heteroatoms. The summed E-state index contributed by atoms with van der Waals surface area (Å²) in [7, 11) is 3.91. The van der Waals surface area contributed by atoms with Crippen LogP contribution in [0.2, 0.25) is 0 Å². The summed E-state index contributed by atoms with van der Waals surface area (Å²) in [6.07, 6.45) is 0. The number of nitrogens with zero attached hydrogens (tertiary/aromatic N) is 1. The molecular formula is C18H23N3O2. The maximum absolute atomic E-state index is 11.9. The van der Waals surface area contributed by atoms with Crippen molar-refractivity contribution in [1.29, 1.82) is 0 Å². The largest absolute Gasteiger partial charge is 0.473 e. The molecule has 0 saturated heterocycles. The van der Waals surface area contributed by atoms with Gasteiger partial charge in [0.1, 0.15) is 5.75 Å². The fraction of sp³-hybridized carbons (Fsp3) is 0.278. The Kier molecular flexibility index (Phi) is 5.46. The van der Waals surface area contributed by atoms with Gasteiger partial charge in [-0.05, 0) is 43.7 Å². The molecule has 2 aromatic rings. The van der Waals surface area contributed by atoms with E-state index in [-0.39, 0.29) is 12.8 Å². The second-order valence-electron chi connectivity index (χ2n) is 5.63. The minimum Gasteiger partial charge on any atom is -0.473 e. The Morgan fingerprint density at radius 2 is 1.91 bits per heavy atom. The van der Waals surface area contributed by atoms with Crippen LogP contribution in [0.15, 0.2) is 42.5 Å². The Hall–Kier alpha value is -2.69. The normalized spacial score (nSPS) is 10.1. The summed E-state index contributed by atoms with van der Waals surface area (Å²) in [6, 6.07) is 13.3. The second-order valence-corrected chi connectivity index (χ2v) is 5.63. The zero-order valence-corrected chi connectivity index (χ0v) is 14.0. The molecule has 0 aliphatic heterocycles. The highest BCUT2D eigenvalue weighted by Crippen LogP contribution is 2.18. The number of aryl methyl sites for hydroxylation is 2. The number of urea groups is 1. The van der Waals surface area contributed by atoms with E-state index in [2.05, 4.69) is 10.6 Å². The van der Waals surface area contributed by atoms with Crippen LogP contribution in [0.25, 0.3) is 0 Å². The predicted molar refractivity (Wildman–Crippen MR) is 94.3 cm³/mol. The molecule has 2 rings (SSSR count). The summed E-state index contributed by atoms with van der Waals surface area (Å²) in [4.78, 5) is 13.9. The highest BCUT2D eigenvalue weighted by molar-refractivity contribution is 5.89. The van der Waals surface area contributed by atoms with Gasteiger partial charge in [0.05, 0.1) is 0 Å². The first kappa shape index (κ1) is 16.7. The van der Waals surface area contributed by atoms with E-state index in [1.807, 2.05) is 75.3 Å². The molecular weight excluding hydrogens is 290 g/mol. The molecule has 0 radical (unpaired) electrons. The van der Waals surface area contributed by atoms with Gasteiger partial charge < -0.3 is 20.3 Å². The van der Waals surface area contributed by atoms with Crippen molar-refractivity contribution in [1.82, 2.24) is 5.32 Å². The first-order chi connectivity index (χ1) is 11.0. The van der Waals surface area contributed by atoms with Crippen LogP contribution < -0.4 is 20.3 Å². The van der Waals surface area contributed by atoms with Gasteiger partial charge in [-0.1, -0.05) is 23.8 Å². The lowest BCUT2D eigenvalue weighted by atomic mass is 10.1. The number of anilines is 2. The van der Waals surface area contributed by atoms with Crippen molar-refractivity contribution < 1.29 is 9.53 Å². The average molecular weight is 313 g/mol. The Labute approximate surface area is 137 Å². The van der Waals surface area contributed by atoms with E-state index >= 15 is 0 Å². The number of carbonyl (C=O) groups is 1. The quantitative estimate of drug-likeness (QED) is 0.830. The first-order valence-corrected chi connectivity index (χ1v) is 7.48. The topological polar surface area (TPSA) is 53.6 Å². The molecule has 0 bridgehead atoms. The molecule has 0 atom stereocenters. The minimum atomic E-state index is -0.300. The van der Waals surface area contributed by atoms with Crippen molar-refractivity contribution >= 4 is 17.4 Å². The van der Waals surface area contributed by atoms with Crippen LogP contribution in [-0.4, -0.2) is 26.9 Å². The Morgan fingerprint density at radius 1 is 1.13 bits per heavy atom. The summed E-state index contributed by atoms with van der Waals surface area (Å²) < 4.78 is 5.58. The zero-order valence-electron chi connectivity index (χ0n) is 14.0. The van der Waals surface area contributed by atoms with Crippen molar-refractivity contribution in [3.63, 3.8) is 0 Å². The number of amides is 2. The molecule has 0 unspecified atom stereocenters. The molecule has 0 saturated carbocycles. The summed E-state index contributed by atoms with van der Waals surface area (Å²) in [6.45, 7) is 4.13. The first-order valence-electron chi connectivity index (χ1n) is 7.48. The van der Waals surface area contributed by atoms with Crippen LogP contribution in [0, 0.1) is 13.8 Å². The molecule has 122 valence electrons. The number of nitrogens with one attached hydrogen (secondary N) is 2.